The Labute approximate surface area is 110 Å². The lowest BCUT2D eigenvalue weighted by molar-refractivity contribution is 0.385. The van der Waals surface area contributed by atoms with Crippen LogP contribution in [0.15, 0.2) is 29.6 Å². The molecule has 4 heteroatoms. The molecule has 0 saturated heterocycles. The number of thiophene rings is 1. The van der Waals surface area contributed by atoms with Gasteiger partial charge in [0, 0.05) is 4.88 Å². The van der Waals surface area contributed by atoms with Crippen molar-refractivity contribution in [1.29, 1.82) is 0 Å². The normalized spacial score (nSPS) is 12.4. The van der Waals surface area contributed by atoms with E-state index in [2.05, 4.69) is 23.7 Å². The molecule has 1 N–H and O–H groups in total. The molecule has 0 saturated carbocycles. The molecule has 0 radical (unpaired) electrons. The van der Waals surface area contributed by atoms with E-state index in [1.54, 1.807) is 23.5 Å². The van der Waals surface area contributed by atoms with Crippen molar-refractivity contribution < 1.29 is 9.13 Å². The number of benzene rings is 1. The maximum absolute atomic E-state index is 13.4. The van der Waals surface area contributed by atoms with Crippen molar-refractivity contribution in [2.75, 3.05) is 14.2 Å². The summed E-state index contributed by atoms with van der Waals surface area (Å²) < 4.78 is 18.4. The van der Waals surface area contributed by atoms with Gasteiger partial charge in [0.1, 0.15) is 0 Å². The van der Waals surface area contributed by atoms with E-state index in [0.29, 0.717) is 0 Å². The number of nitrogens with one attached hydrogen (secondary N) is 1. The highest BCUT2D eigenvalue weighted by atomic mass is 32.1. The Balaban J connectivity index is 2.42. The Hall–Kier alpha value is -1.39. The van der Waals surface area contributed by atoms with Crippen LogP contribution < -0.4 is 10.1 Å². The maximum Gasteiger partial charge on any atom is 0.165 e. The average molecular weight is 265 g/mol. The zero-order valence-electron chi connectivity index (χ0n) is 10.7. The van der Waals surface area contributed by atoms with Crippen LogP contribution in [0.1, 0.15) is 22.0 Å². The number of aryl methyl sites for hydroxylation is 1. The van der Waals surface area contributed by atoms with Crippen molar-refractivity contribution >= 4 is 11.3 Å². The van der Waals surface area contributed by atoms with Gasteiger partial charge in [-0.3, -0.25) is 0 Å². The lowest BCUT2D eigenvalue weighted by atomic mass is 9.99. The van der Waals surface area contributed by atoms with Crippen LogP contribution in [0.4, 0.5) is 4.39 Å². The second-order valence-electron chi connectivity index (χ2n) is 4.05. The molecule has 0 spiro atoms. The highest BCUT2D eigenvalue weighted by Gasteiger charge is 2.16. The van der Waals surface area contributed by atoms with E-state index in [0.717, 1.165) is 5.56 Å². The second-order valence-corrected chi connectivity index (χ2v) is 5.17. The molecule has 1 atom stereocenters. The van der Waals surface area contributed by atoms with Gasteiger partial charge in [-0.25, -0.2) is 4.39 Å². The number of methoxy groups -OCH3 is 1. The van der Waals surface area contributed by atoms with Crippen LogP contribution in [0.25, 0.3) is 0 Å². The van der Waals surface area contributed by atoms with E-state index in [-0.39, 0.29) is 17.6 Å². The summed E-state index contributed by atoms with van der Waals surface area (Å²) in [6.07, 6.45) is 0. The molecular weight excluding hydrogens is 249 g/mol. The zero-order valence-corrected chi connectivity index (χ0v) is 11.5. The summed E-state index contributed by atoms with van der Waals surface area (Å²) in [5, 5.41) is 5.33. The number of rotatable bonds is 4. The molecule has 2 nitrogen and oxygen atoms in total. The SMILES string of the molecule is CNC(c1ccc(F)c(OC)c1)c1ccsc1C. The van der Waals surface area contributed by atoms with Crippen LogP contribution in [0.2, 0.25) is 0 Å². The van der Waals surface area contributed by atoms with E-state index in [4.69, 9.17) is 4.74 Å². The topological polar surface area (TPSA) is 21.3 Å². The van der Waals surface area contributed by atoms with E-state index >= 15 is 0 Å². The maximum atomic E-state index is 13.4. The Kier molecular flexibility index (Phi) is 3.99. The van der Waals surface area contributed by atoms with Gasteiger partial charge in [-0.1, -0.05) is 6.07 Å². The Morgan fingerprint density at radius 2 is 2.11 bits per heavy atom. The minimum Gasteiger partial charge on any atom is -0.494 e. The Morgan fingerprint density at radius 1 is 1.33 bits per heavy atom. The van der Waals surface area contributed by atoms with Crippen LogP contribution in [-0.2, 0) is 0 Å². The third-order valence-electron chi connectivity index (χ3n) is 3.01. The third kappa shape index (κ3) is 2.40. The van der Waals surface area contributed by atoms with Gasteiger partial charge in [0.25, 0.3) is 0 Å². The van der Waals surface area contributed by atoms with Gasteiger partial charge in [-0.2, -0.15) is 0 Å². The van der Waals surface area contributed by atoms with E-state index in [1.807, 2.05) is 7.05 Å². The van der Waals surface area contributed by atoms with E-state index in [1.165, 1.54) is 23.6 Å². The fraction of sp³-hybridized carbons (Fsp3) is 0.286. The van der Waals surface area contributed by atoms with Crippen molar-refractivity contribution in [3.8, 4) is 5.75 Å². The number of ether oxygens (including phenoxy) is 1. The molecule has 0 aliphatic carbocycles. The van der Waals surface area contributed by atoms with Gasteiger partial charge in [0.2, 0.25) is 0 Å². The molecule has 1 unspecified atom stereocenters. The molecule has 96 valence electrons. The first-order valence-electron chi connectivity index (χ1n) is 5.72. The second kappa shape index (κ2) is 5.50. The molecular formula is C14H16FNOS. The van der Waals surface area contributed by atoms with Crippen molar-refractivity contribution in [1.82, 2.24) is 5.32 Å². The minimum absolute atomic E-state index is 0.0609. The summed E-state index contributed by atoms with van der Waals surface area (Å²) in [7, 11) is 3.38. The van der Waals surface area contributed by atoms with Gasteiger partial charge in [0.15, 0.2) is 11.6 Å². The Morgan fingerprint density at radius 3 is 2.67 bits per heavy atom. The van der Waals surface area contributed by atoms with Gasteiger partial charge >= 0.3 is 0 Å². The van der Waals surface area contributed by atoms with Crippen molar-refractivity contribution in [2.45, 2.75) is 13.0 Å². The fourth-order valence-electron chi connectivity index (χ4n) is 2.05. The summed E-state index contributed by atoms with van der Waals surface area (Å²) in [6, 6.07) is 7.13. The van der Waals surface area contributed by atoms with E-state index in [9.17, 15) is 4.39 Å². The van der Waals surface area contributed by atoms with Gasteiger partial charge in [-0.15, -0.1) is 11.3 Å². The first-order chi connectivity index (χ1) is 8.67. The lowest BCUT2D eigenvalue weighted by Crippen LogP contribution is -2.18. The van der Waals surface area contributed by atoms with Crippen molar-refractivity contribution in [3.63, 3.8) is 0 Å². The predicted octanol–water partition coefficient (Wildman–Crippen LogP) is 3.51. The molecule has 18 heavy (non-hydrogen) atoms. The highest BCUT2D eigenvalue weighted by Crippen LogP contribution is 2.30. The summed E-state index contributed by atoms with van der Waals surface area (Å²) in [5.74, 6) is -0.0567. The average Bonchev–Trinajstić information content (AvgIpc) is 2.79. The first-order valence-corrected chi connectivity index (χ1v) is 6.60. The lowest BCUT2D eigenvalue weighted by Gasteiger charge is -2.17. The van der Waals surface area contributed by atoms with Crippen LogP contribution in [0, 0.1) is 12.7 Å². The molecule has 0 fully saturated rings. The van der Waals surface area contributed by atoms with Gasteiger partial charge in [-0.05, 0) is 48.7 Å². The predicted molar refractivity (Wildman–Crippen MR) is 72.9 cm³/mol. The fourth-order valence-corrected chi connectivity index (χ4v) is 2.79. The molecule has 1 aromatic carbocycles. The first kappa shape index (κ1) is 13.1. The Bertz CT molecular complexity index is 538. The molecule has 0 amide bonds. The van der Waals surface area contributed by atoms with Gasteiger partial charge in [0.05, 0.1) is 13.2 Å². The molecule has 1 aromatic heterocycles. The van der Waals surface area contributed by atoms with E-state index < -0.39 is 0 Å². The molecule has 2 rings (SSSR count). The molecule has 1 heterocycles. The summed E-state index contributed by atoms with van der Waals surface area (Å²) >= 11 is 1.71. The number of hydrogen-bond donors (Lipinski definition) is 1. The minimum atomic E-state index is -0.335. The molecule has 0 aliphatic rings. The molecule has 2 aromatic rings. The standard InChI is InChI=1S/C14H16FNOS/c1-9-11(6-7-18-9)14(16-2)10-4-5-12(15)13(8-10)17-3/h4-8,14,16H,1-3H3. The van der Waals surface area contributed by atoms with Crippen LogP contribution >= 0.6 is 11.3 Å². The number of hydrogen-bond acceptors (Lipinski definition) is 3. The summed E-state index contributed by atoms with van der Waals surface area (Å²) in [6.45, 7) is 2.09. The summed E-state index contributed by atoms with van der Waals surface area (Å²) in [5.41, 5.74) is 2.22. The smallest absolute Gasteiger partial charge is 0.165 e. The monoisotopic (exact) mass is 265 g/mol. The molecule has 0 aliphatic heterocycles. The largest absolute Gasteiger partial charge is 0.494 e. The van der Waals surface area contributed by atoms with Crippen molar-refractivity contribution in [2.24, 2.45) is 0 Å². The van der Waals surface area contributed by atoms with Crippen LogP contribution in [0.5, 0.6) is 5.75 Å². The van der Waals surface area contributed by atoms with Crippen LogP contribution in [-0.4, -0.2) is 14.2 Å². The molecule has 0 bridgehead atoms. The van der Waals surface area contributed by atoms with Crippen molar-refractivity contribution in [3.05, 3.63) is 51.5 Å². The quantitative estimate of drug-likeness (QED) is 0.913. The number of halogens is 1. The highest BCUT2D eigenvalue weighted by molar-refractivity contribution is 7.10. The third-order valence-corrected chi connectivity index (χ3v) is 3.87. The summed E-state index contributed by atoms with van der Waals surface area (Å²) in [4.78, 5) is 1.26. The van der Waals surface area contributed by atoms with Gasteiger partial charge < -0.3 is 10.1 Å². The zero-order chi connectivity index (χ0) is 13.1. The van der Waals surface area contributed by atoms with Crippen LogP contribution in [0.3, 0.4) is 0 Å².